The van der Waals surface area contributed by atoms with Crippen LogP contribution in [-0.4, -0.2) is 65.9 Å². The summed E-state index contributed by atoms with van der Waals surface area (Å²) < 4.78 is 0. The molecule has 2 aliphatic rings. The summed E-state index contributed by atoms with van der Waals surface area (Å²) in [7, 11) is 3.64. The molecule has 0 bridgehead atoms. The number of carbonyl (C=O) groups excluding carboxylic acids is 1. The summed E-state index contributed by atoms with van der Waals surface area (Å²) in [6.45, 7) is 3.30. The van der Waals surface area contributed by atoms with Crippen LogP contribution in [0.3, 0.4) is 0 Å². The second kappa shape index (κ2) is 6.68. The van der Waals surface area contributed by atoms with Crippen LogP contribution in [0.5, 0.6) is 0 Å². The molecule has 0 atom stereocenters. The summed E-state index contributed by atoms with van der Waals surface area (Å²) in [4.78, 5) is 27.1. The van der Waals surface area contributed by atoms with E-state index < -0.39 is 0 Å². The molecule has 6 heteroatoms. The number of rotatable bonds is 3. The van der Waals surface area contributed by atoms with Crippen molar-refractivity contribution < 1.29 is 4.79 Å². The molecule has 1 amide bonds. The zero-order valence-corrected chi connectivity index (χ0v) is 15.4. The van der Waals surface area contributed by atoms with E-state index in [9.17, 15) is 4.79 Å². The van der Waals surface area contributed by atoms with Crippen LogP contribution in [-0.2, 0) is 10.2 Å². The maximum absolute atomic E-state index is 12.0. The number of piperidine rings is 1. The minimum absolute atomic E-state index is 0.119. The molecule has 2 aliphatic heterocycles. The number of para-hydroxylation sites is 1. The van der Waals surface area contributed by atoms with Gasteiger partial charge in [-0.05, 0) is 43.6 Å². The first kappa shape index (κ1) is 17.0. The lowest BCUT2D eigenvalue weighted by atomic mass is 9.74. The molecule has 136 valence electrons. The minimum atomic E-state index is 0.119. The molecule has 0 radical (unpaired) electrons. The SMILES string of the molecule is CN(C)C(=O)CN1CCC2(CC1)CN(c1ncccn1)c1ccccc12. The van der Waals surface area contributed by atoms with Crippen LogP contribution in [0.1, 0.15) is 18.4 Å². The number of amides is 1. The summed E-state index contributed by atoms with van der Waals surface area (Å²) in [5, 5.41) is 0. The molecule has 4 rings (SSSR count). The summed E-state index contributed by atoms with van der Waals surface area (Å²) in [5.74, 6) is 0.939. The molecule has 2 aromatic rings. The van der Waals surface area contributed by atoms with E-state index in [2.05, 4.69) is 44.0 Å². The molecular formula is C20H25N5O. The van der Waals surface area contributed by atoms with Gasteiger partial charge in [0, 0.05) is 44.1 Å². The number of likely N-dealkylation sites (tertiary alicyclic amines) is 1. The Balaban J connectivity index is 1.56. The van der Waals surface area contributed by atoms with E-state index in [1.165, 1.54) is 11.3 Å². The lowest BCUT2D eigenvalue weighted by Gasteiger charge is -2.39. The number of nitrogens with zero attached hydrogens (tertiary/aromatic N) is 5. The Kier molecular flexibility index (Phi) is 4.36. The molecule has 1 spiro atoms. The van der Waals surface area contributed by atoms with Gasteiger partial charge in [-0.15, -0.1) is 0 Å². The lowest BCUT2D eigenvalue weighted by molar-refractivity contribution is -0.130. The standard InChI is InChI=1S/C20H25N5O/c1-23(2)18(26)14-24-12-8-20(9-13-24)15-25(19-21-10-5-11-22-19)17-7-4-3-6-16(17)20/h3-7,10-11H,8-9,12-15H2,1-2H3. The van der Waals surface area contributed by atoms with Crippen LogP contribution in [0.15, 0.2) is 42.7 Å². The zero-order valence-electron chi connectivity index (χ0n) is 15.4. The fourth-order valence-corrected chi connectivity index (χ4v) is 4.14. The number of hydrogen-bond acceptors (Lipinski definition) is 5. The Morgan fingerprint density at radius 2 is 1.81 bits per heavy atom. The molecule has 1 fully saturated rings. The first-order valence-corrected chi connectivity index (χ1v) is 9.16. The molecule has 26 heavy (non-hydrogen) atoms. The van der Waals surface area contributed by atoms with Crippen molar-refractivity contribution in [3.05, 3.63) is 48.3 Å². The summed E-state index contributed by atoms with van der Waals surface area (Å²) >= 11 is 0. The Morgan fingerprint density at radius 1 is 1.12 bits per heavy atom. The topological polar surface area (TPSA) is 52.6 Å². The van der Waals surface area contributed by atoms with Gasteiger partial charge in [0.05, 0.1) is 6.54 Å². The number of likely N-dealkylation sites (N-methyl/N-ethyl adjacent to an activating group) is 1. The van der Waals surface area contributed by atoms with Gasteiger partial charge in [0.25, 0.3) is 0 Å². The number of hydrogen-bond donors (Lipinski definition) is 0. The fraction of sp³-hybridized carbons (Fsp3) is 0.450. The molecule has 1 aromatic heterocycles. The maximum Gasteiger partial charge on any atom is 0.236 e. The smallest absolute Gasteiger partial charge is 0.236 e. The predicted molar refractivity (Wildman–Crippen MR) is 102 cm³/mol. The molecule has 6 nitrogen and oxygen atoms in total. The van der Waals surface area contributed by atoms with Crippen LogP contribution in [0.25, 0.3) is 0 Å². The molecule has 1 saturated heterocycles. The molecule has 3 heterocycles. The van der Waals surface area contributed by atoms with Gasteiger partial charge >= 0.3 is 0 Å². The van der Waals surface area contributed by atoms with Crippen LogP contribution >= 0.6 is 0 Å². The summed E-state index contributed by atoms with van der Waals surface area (Å²) in [6, 6.07) is 10.5. The van der Waals surface area contributed by atoms with Gasteiger partial charge in [-0.25, -0.2) is 9.97 Å². The van der Waals surface area contributed by atoms with Crippen LogP contribution in [0, 0.1) is 0 Å². The van der Waals surface area contributed by atoms with E-state index in [-0.39, 0.29) is 11.3 Å². The van der Waals surface area contributed by atoms with E-state index >= 15 is 0 Å². The zero-order chi connectivity index (χ0) is 18.1. The average Bonchev–Trinajstić information content (AvgIpc) is 2.99. The third kappa shape index (κ3) is 2.94. The Bertz CT molecular complexity index is 784. The number of carbonyl (C=O) groups is 1. The van der Waals surface area contributed by atoms with E-state index in [0.717, 1.165) is 38.4 Å². The monoisotopic (exact) mass is 351 g/mol. The van der Waals surface area contributed by atoms with Crippen LogP contribution in [0.4, 0.5) is 11.6 Å². The fourth-order valence-electron chi connectivity index (χ4n) is 4.14. The van der Waals surface area contributed by atoms with Crippen LogP contribution < -0.4 is 4.90 Å². The van der Waals surface area contributed by atoms with Gasteiger partial charge in [0.15, 0.2) is 0 Å². The average molecular weight is 351 g/mol. The quantitative estimate of drug-likeness (QED) is 0.847. The van der Waals surface area contributed by atoms with Gasteiger partial charge in [0.2, 0.25) is 11.9 Å². The third-order valence-corrected chi connectivity index (χ3v) is 5.69. The highest BCUT2D eigenvalue weighted by molar-refractivity contribution is 5.77. The lowest BCUT2D eigenvalue weighted by Crippen LogP contribution is -2.47. The first-order chi connectivity index (χ1) is 12.6. The largest absolute Gasteiger partial charge is 0.348 e. The van der Waals surface area contributed by atoms with Crippen molar-refractivity contribution in [2.24, 2.45) is 0 Å². The minimum Gasteiger partial charge on any atom is -0.348 e. The van der Waals surface area contributed by atoms with E-state index in [1.807, 2.05) is 20.2 Å². The summed E-state index contributed by atoms with van der Waals surface area (Å²) in [6.07, 6.45) is 5.69. The maximum atomic E-state index is 12.0. The van der Waals surface area contributed by atoms with Crippen molar-refractivity contribution in [2.75, 3.05) is 45.2 Å². The number of fused-ring (bicyclic) bond motifs is 2. The van der Waals surface area contributed by atoms with Gasteiger partial charge in [-0.2, -0.15) is 0 Å². The number of benzene rings is 1. The Labute approximate surface area is 154 Å². The summed E-state index contributed by atoms with van der Waals surface area (Å²) in [5.41, 5.74) is 2.73. The van der Waals surface area contributed by atoms with Crippen molar-refractivity contribution >= 4 is 17.5 Å². The molecule has 0 N–H and O–H groups in total. The van der Waals surface area contributed by atoms with Crippen molar-refractivity contribution in [1.82, 2.24) is 19.8 Å². The molecular weight excluding hydrogens is 326 g/mol. The van der Waals surface area contributed by atoms with Crippen molar-refractivity contribution in [3.8, 4) is 0 Å². The van der Waals surface area contributed by atoms with E-state index in [1.54, 1.807) is 17.3 Å². The van der Waals surface area contributed by atoms with E-state index in [0.29, 0.717) is 6.54 Å². The predicted octanol–water partition coefficient (Wildman–Crippen LogP) is 2.05. The van der Waals surface area contributed by atoms with Crippen molar-refractivity contribution in [1.29, 1.82) is 0 Å². The first-order valence-electron chi connectivity index (χ1n) is 9.16. The second-order valence-corrected chi connectivity index (χ2v) is 7.50. The Hall–Kier alpha value is -2.47. The normalized spacial score (nSPS) is 18.8. The highest BCUT2D eigenvalue weighted by Crippen LogP contribution is 2.48. The molecule has 0 unspecified atom stereocenters. The van der Waals surface area contributed by atoms with Gasteiger partial charge in [-0.3, -0.25) is 9.69 Å². The van der Waals surface area contributed by atoms with Gasteiger partial charge in [-0.1, -0.05) is 18.2 Å². The highest BCUT2D eigenvalue weighted by Gasteiger charge is 2.45. The van der Waals surface area contributed by atoms with Crippen molar-refractivity contribution in [3.63, 3.8) is 0 Å². The highest BCUT2D eigenvalue weighted by atomic mass is 16.2. The third-order valence-electron chi connectivity index (χ3n) is 5.69. The molecule has 0 saturated carbocycles. The Morgan fingerprint density at radius 3 is 2.50 bits per heavy atom. The van der Waals surface area contributed by atoms with Crippen molar-refractivity contribution in [2.45, 2.75) is 18.3 Å². The number of aromatic nitrogens is 2. The molecule has 0 aliphatic carbocycles. The second-order valence-electron chi connectivity index (χ2n) is 7.50. The van der Waals surface area contributed by atoms with Crippen LogP contribution in [0.2, 0.25) is 0 Å². The van der Waals surface area contributed by atoms with Gasteiger partial charge < -0.3 is 9.80 Å². The molecule has 1 aromatic carbocycles. The van der Waals surface area contributed by atoms with Gasteiger partial charge in [0.1, 0.15) is 0 Å². The van der Waals surface area contributed by atoms with E-state index in [4.69, 9.17) is 0 Å². The number of anilines is 2.